The molecule has 0 aromatic heterocycles. The number of hydrogen-bond donors (Lipinski definition) is 1. The van der Waals surface area contributed by atoms with Crippen LogP contribution in [0.15, 0.2) is 28.7 Å². The molecule has 0 amide bonds. The lowest BCUT2D eigenvalue weighted by Gasteiger charge is -2.36. The summed E-state index contributed by atoms with van der Waals surface area (Å²) in [6.45, 7) is 0.923. The van der Waals surface area contributed by atoms with Crippen LogP contribution in [0.2, 0.25) is 0 Å². The number of aliphatic hydroxyl groups is 1. The molecule has 0 unspecified atom stereocenters. The molecule has 1 aliphatic rings. The molecule has 1 N–H and O–H groups in total. The van der Waals surface area contributed by atoms with Crippen LogP contribution in [-0.2, 0) is 11.2 Å². The van der Waals surface area contributed by atoms with Crippen LogP contribution in [0.4, 0.5) is 0 Å². The molecule has 3 heteroatoms. The van der Waals surface area contributed by atoms with E-state index in [1.54, 1.807) is 0 Å². The van der Waals surface area contributed by atoms with Crippen LogP contribution in [-0.4, -0.2) is 23.9 Å². The Balaban J connectivity index is 2.05. The molecule has 1 aromatic carbocycles. The fraction of sp³-hybridized carbons (Fsp3) is 0.400. The largest absolute Gasteiger partial charge is 0.385 e. The predicted molar refractivity (Wildman–Crippen MR) is 53.6 cm³/mol. The van der Waals surface area contributed by atoms with E-state index >= 15 is 0 Å². The molecule has 70 valence electrons. The quantitative estimate of drug-likeness (QED) is 0.857. The Labute approximate surface area is 85.7 Å². The Morgan fingerprint density at radius 1 is 1.31 bits per heavy atom. The Morgan fingerprint density at radius 2 is 1.92 bits per heavy atom. The highest BCUT2D eigenvalue weighted by atomic mass is 79.9. The third-order valence-electron chi connectivity index (χ3n) is 2.19. The third-order valence-corrected chi connectivity index (χ3v) is 2.72. The minimum Gasteiger partial charge on any atom is -0.385 e. The highest BCUT2D eigenvalue weighted by molar-refractivity contribution is 9.10. The standard InChI is InChI=1S/C10H11BrO2/c11-9-3-1-8(2-4-9)5-10(12)6-13-7-10/h1-4,12H,5-7H2. The minimum atomic E-state index is -0.617. The lowest BCUT2D eigenvalue weighted by molar-refractivity contribution is -0.176. The predicted octanol–water partition coefficient (Wildman–Crippen LogP) is 1.75. The second-order valence-corrected chi connectivity index (χ2v) is 4.44. The van der Waals surface area contributed by atoms with Crippen LogP contribution >= 0.6 is 15.9 Å². The van der Waals surface area contributed by atoms with Crippen molar-refractivity contribution in [2.45, 2.75) is 12.0 Å². The monoisotopic (exact) mass is 242 g/mol. The molecule has 1 saturated heterocycles. The first-order valence-corrected chi connectivity index (χ1v) is 5.02. The van der Waals surface area contributed by atoms with Gasteiger partial charge in [0, 0.05) is 10.9 Å². The van der Waals surface area contributed by atoms with Crippen molar-refractivity contribution in [2.24, 2.45) is 0 Å². The van der Waals surface area contributed by atoms with Crippen molar-refractivity contribution in [2.75, 3.05) is 13.2 Å². The summed E-state index contributed by atoms with van der Waals surface area (Å²) in [7, 11) is 0. The van der Waals surface area contributed by atoms with Gasteiger partial charge in [-0.3, -0.25) is 0 Å². The fourth-order valence-corrected chi connectivity index (χ4v) is 1.69. The van der Waals surface area contributed by atoms with E-state index in [0.29, 0.717) is 19.6 Å². The zero-order valence-corrected chi connectivity index (χ0v) is 8.75. The third kappa shape index (κ3) is 2.10. The van der Waals surface area contributed by atoms with Gasteiger partial charge in [0.25, 0.3) is 0 Å². The van der Waals surface area contributed by atoms with Crippen molar-refractivity contribution in [3.63, 3.8) is 0 Å². The summed E-state index contributed by atoms with van der Waals surface area (Å²) in [6.07, 6.45) is 0.681. The molecule has 2 rings (SSSR count). The van der Waals surface area contributed by atoms with Crippen molar-refractivity contribution in [3.8, 4) is 0 Å². The minimum absolute atomic E-state index is 0.461. The van der Waals surface area contributed by atoms with Gasteiger partial charge in [0.15, 0.2) is 0 Å². The smallest absolute Gasteiger partial charge is 0.115 e. The van der Waals surface area contributed by atoms with Crippen molar-refractivity contribution in [1.82, 2.24) is 0 Å². The number of rotatable bonds is 2. The summed E-state index contributed by atoms with van der Waals surface area (Å²) in [4.78, 5) is 0. The van der Waals surface area contributed by atoms with E-state index in [4.69, 9.17) is 4.74 Å². The van der Waals surface area contributed by atoms with Crippen LogP contribution in [0.3, 0.4) is 0 Å². The summed E-state index contributed by atoms with van der Waals surface area (Å²) in [5.41, 5.74) is 0.530. The molecule has 0 radical (unpaired) electrons. The molecule has 2 nitrogen and oxygen atoms in total. The maximum Gasteiger partial charge on any atom is 0.115 e. The van der Waals surface area contributed by atoms with Crippen LogP contribution in [0.1, 0.15) is 5.56 Å². The van der Waals surface area contributed by atoms with E-state index in [0.717, 1.165) is 10.0 Å². The van der Waals surface area contributed by atoms with E-state index in [9.17, 15) is 5.11 Å². The number of halogens is 1. The molecule has 1 heterocycles. The lowest BCUT2D eigenvalue weighted by atomic mass is 9.93. The topological polar surface area (TPSA) is 29.5 Å². The average Bonchev–Trinajstić information content (AvgIpc) is 2.06. The molecule has 0 atom stereocenters. The second-order valence-electron chi connectivity index (χ2n) is 3.52. The summed E-state index contributed by atoms with van der Waals surface area (Å²) in [5.74, 6) is 0. The van der Waals surface area contributed by atoms with Gasteiger partial charge >= 0.3 is 0 Å². The van der Waals surface area contributed by atoms with Crippen molar-refractivity contribution in [3.05, 3.63) is 34.3 Å². The second kappa shape index (κ2) is 3.40. The summed E-state index contributed by atoms with van der Waals surface area (Å²) < 4.78 is 6.04. The molecule has 1 fully saturated rings. The number of benzene rings is 1. The summed E-state index contributed by atoms with van der Waals surface area (Å²) >= 11 is 3.37. The maximum atomic E-state index is 9.80. The molecule has 0 spiro atoms. The normalized spacial score (nSPS) is 19.5. The number of hydrogen-bond acceptors (Lipinski definition) is 2. The first kappa shape index (κ1) is 9.19. The first-order chi connectivity index (χ1) is 6.18. The van der Waals surface area contributed by atoms with Gasteiger partial charge in [-0.25, -0.2) is 0 Å². The van der Waals surface area contributed by atoms with Gasteiger partial charge < -0.3 is 9.84 Å². The van der Waals surface area contributed by atoms with Gasteiger partial charge in [0.1, 0.15) is 5.60 Å². The van der Waals surface area contributed by atoms with Crippen molar-refractivity contribution in [1.29, 1.82) is 0 Å². The maximum absolute atomic E-state index is 9.80. The zero-order chi connectivity index (χ0) is 9.31. The van der Waals surface area contributed by atoms with Crippen LogP contribution < -0.4 is 0 Å². The molecule has 1 aromatic rings. The van der Waals surface area contributed by atoms with Crippen LogP contribution in [0, 0.1) is 0 Å². The van der Waals surface area contributed by atoms with Gasteiger partial charge in [0.05, 0.1) is 13.2 Å². The van der Waals surface area contributed by atoms with Crippen LogP contribution in [0.25, 0.3) is 0 Å². The van der Waals surface area contributed by atoms with E-state index in [1.807, 2.05) is 24.3 Å². The molecular formula is C10H11BrO2. The van der Waals surface area contributed by atoms with E-state index < -0.39 is 5.60 Å². The average molecular weight is 243 g/mol. The van der Waals surface area contributed by atoms with Gasteiger partial charge in [-0.2, -0.15) is 0 Å². The SMILES string of the molecule is OC1(Cc2ccc(Br)cc2)COC1. The molecule has 13 heavy (non-hydrogen) atoms. The van der Waals surface area contributed by atoms with Crippen LogP contribution in [0.5, 0.6) is 0 Å². The first-order valence-electron chi connectivity index (χ1n) is 4.23. The summed E-state index contributed by atoms with van der Waals surface area (Å²) in [6, 6.07) is 8.00. The van der Waals surface area contributed by atoms with E-state index in [1.165, 1.54) is 0 Å². The zero-order valence-electron chi connectivity index (χ0n) is 7.16. The lowest BCUT2D eigenvalue weighted by Crippen LogP contribution is -2.51. The van der Waals surface area contributed by atoms with Crippen molar-refractivity contribution >= 4 is 15.9 Å². The molecule has 1 aliphatic heterocycles. The van der Waals surface area contributed by atoms with Gasteiger partial charge in [-0.1, -0.05) is 28.1 Å². The molecular weight excluding hydrogens is 232 g/mol. The Kier molecular flexibility index (Phi) is 2.41. The molecule has 0 saturated carbocycles. The Bertz CT molecular complexity index is 290. The van der Waals surface area contributed by atoms with Gasteiger partial charge in [-0.15, -0.1) is 0 Å². The van der Waals surface area contributed by atoms with E-state index in [-0.39, 0.29) is 0 Å². The highest BCUT2D eigenvalue weighted by Crippen LogP contribution is 2.22. The highest BCUT2D eigenvalue weighted by Gasteiger charge is 2.35. The summed E-state index contributed by atoms with van der Waals surface area (Å²) in [5, 5.41) is 9.80. The Hall–Kier alpha value is -0.380. The fourth-order valence-electron chi connectivity index (χ4n) is 1.42. The molecule has 0 aliphatic carbocycles. The molecule has 0 bridgehead atoms. The van der Waals surface area contributed by atoms with Gasteiger partial charge in [0.2, 0.25) is 0 Å². The van der Waals surface area contributed by atoms with E-state index in [2.05, 4.69) is 15.9 Å². The number of ether oxygens (including phenoxy) is 1. The van der Waals surface area contributed by atoms with Crippen molar-refractivity contribution < 1.29 is 9.84 Å². The Morgan fingerprint density at radius 3 is 2.38 bits per heavy atom. The van der Waals surface area contributed by atoms with Gasteiger partial charge in [-0.05, 0) is 17.7 Å².